The summed E-state index contributed by atoms with van der Waals surface area (Å²) >= 11 is 0. The molecule has 1 heterocycles. The number of aryl methyl sites for hydroxylation is 1. The first-order chi connectivity index (χ1) is 9.53. The van der Waals surface area contributed by atoms with Gasteiger partial charge in [-0.25, -0.2) is 13.1 Å². The number of ether oxygens (including phenoxy) is 1. The Bertz CT molecular complexity index is 552. The van der Waals surface area contributed by atoms with Crippen molar-refractivity contribution in [2.45, 2.75) is 37.1 Å². The highest BCUT2D eigenvalue weighted by Crippen LogP contribution is 2.24. The number of sulfonamides is 1. The van der Waals surface area contributed by atoms with Crippen molar-refractivity contribution in [2.75, 3.05) is 20.2 Å². The first-order valence-corrected chi connectivity index (χ1v) is 8.39. The van der Waals surface area contributed by atoms with Crippen LogP contribution in [-0.4, -0.2) is 34.7 Å². The van der Waals surface area contributed by atoms with Crippen molar-refractivity contribution >= 4 is 10.0 Å². The van der Waals surface area contributed by atoms with E-state index in [1.165, 1.54) is 13.5 Å². The molecule has 0 aliphatic carbocycles. The maximum Gasteiger partial charge on any atom is 0.244 e. The van der Waals surface area contributed by atoms with E-state index in [4.69, 9.17) is 4.74 Å². The average Bonchev–Trinajstić information content (AvgIpc) is 2.91. The van der Waals surface area contributed by atoms with Crippen molar-refractivity contribution in [3.63, 3.8) is 0 Å². The molecule has 0 saturated carbocycles. The fourth-order valence-electron chi connectivity index (χ4n) is 2.44. The quantitative estimate of drug-likeness (QED) is 0.833. The minimum atomic E-state index is -3.52. The highest BCUT2D eigenvalue weighted by Gasteiger charge is 2.20. The number of rotatable bonds is 6. The minimum absolute atomic E-state index is 0.208. The van der Waals surface area contributed by atoms with Gasteiger partial charge in [0.25, 0.3) is 0 Å². The minimum Gasteiger partial charge on any atom is -0.495 e. The summed E-state index contributed by atoms with van der Waals surface area (Å²) in [5.74, 6) is 0.377. The van der Waals surface area contributed by atoms with E-state index in [1.54, 1.807) is 12.1 Å². The van der Waals surface area contributed by atoms with E-state index < -0.39 is 10.0 Å². The zero-order valence-electron chi connectivity index (χ0n) is 12.0. The lowest BCUT2D eigenvalue weighted by atomic mass is 10.2. The summed E-state index contributed by atoms with van der Waals surface area (Å²) in [6.07, 6.45) is 3.10. The van der Waals surface area contributed by atoms with Crippen LogP contribution in [0, 0.1) is 6.92 Å². The molecule has 0 unspecified atom stereocenters. The van der Waals surface area contributed by atoms with Crippen molar-refractivity contribution in [3.05, 3.63) is 23.8 Å². The molecule has 1 aromatic carbocycles. The van der Waals surface area contributed by atoms with Crippen molar-refractivity contribution in [1.82, 2.24) is 10.0 Å². The van der Waals surface area contributed by atoms with Crippen LogP contribution in [0.25, 0.3) is 0 Å². The van der Waals surface area contributed by atoms with E-state index in [2.05, 4.69) is 10.0 Å². The normalized spacial score (nSPS) is 19.2. The van der Waals surface area contributed by atoms with Gasteiger partial charge in [0, 0.05) is 12.6 Å². The third-order valence-corrected chi connectivity index (χ3v) is 5.04. The van der Waals surface area contributed by atoms with E-state index in [-0.39, 0.29) is 4.90 Å². The predicted octanol–water partition coefficient (Wildman–Crippen LogP) is 1.42. The van der Waals surface area contributed by atoms with Gasteiger partial charge in [0.15, 0.2) is 0 Å². The molecule has 0 aromatic heterocycles. The summed E-state index contributed by atoms with van der Waals surface area (Å²) in [6.45, 7) is 3.33. The molecule has 0 bridgehead atoms. The number of hydrogen-bond acceptors (Lipinski definition) is 4. The van der Waals surface area contributed by atoms with Crippen LogP contribution in [0.5, 0.6) is 5.75 Å². The Hall–Kier alpha value is -1.11. The van der Waals surface area contributed by atoms with E-state index in [0.29, 0.717) is 18.3 Å². The van der Waals surface area contributed by atoms with Gasteiger partial charge in [-0.2, -0.15) is 0 Å². The second-order valence-corrected chi connectivity index (χ2v) is 6.87. The molecule has 1 saturated heterocycles. The van der Waals surface area contributed by atoms with Gasteiger partial charge in [-0.15, -0.1) is 0 Å². The standard InChI is InChI=1S/C14H22N2O3S/c1-11-5-6-13(19-2)14(10-11)20(17,18)16-9-7-12-4-3-8-15-12/h5-6,10,12,15-16H,3-4,7-9H2,1-2H3/t12-/m0/s1. The van der Waals surface area contributed by atoms with Crippen LogP contribution < -0.4 is 14.8 Å². The molecular formula is C14H22N2O3S. The zero-order chi connectivity index (χ0) is 14.6. The summed E-state index contributed by atoms with van der Waals surface area (Å²) < 4.78 is 32.4. The molecule has 0 radical (unpaired) electrons. The lowest BCUT2D eigenvalue weighted by molar-refractivity contribution is 0.402. The van der Waals surface area contributed by atoms with E-state index >= 15 is 0 Å². The third kappa shape index (κ3) is 3.71. The van der Waals surface area contributed by atoms with Crippen LogP contribution in [-0.2, 0) is 10.0 Å². The SMILES string of the molecule is COc1ccc(C)cc1S(=O)(=O)NCC[C@@H]1CCCN1. The first kappa shape index (κ1) is 15.3. The van der Waals surface area contributed by atoms with Crippen LogP contribution in [0.2, 0.25) is 0 Å². The molecule has 1 aliphatic rings. The van der Waals surface area contributed by atoms with Crippen molar-refractivity contribution in [3.8, 4) is 5.75 Å². The van der Waals surface area contributed by atoms with Gasteiger partial charge in [0.05, 0.1) is 7.11 Å². The highest BCUT2D eigenvalue weighted by molar-refractivity contribution is 7.89. The Labute approximate surface area is 120 Å². The second-order valence-electron chi connectivity index (χ2n) is 5.13. The monoisotopic (exact) mass is 298 g/mol. The molecule has 1 aromatic rings. The Morgan fingerprint density at radius 3 is 2.90 bits per heavy atom. The number of methoxy groups -OCH3 is 1. The molecule has 112 valence electrons. The van der Waals surface area contributed by atoms with Crippen molar-refractivity contribution in [1.29, 1.82) is 0 Å². The molecule has 5 nitrogen and oxygen atoms in total. The highest BCUT2D eigenvalue weighted by atomic mass is 32.2. The number of nitrogens with one attached hydrogen (secondary N) is 2. The fraction of sp³-hybridized carbons (Fsp3) is 0.571. The van der Waals surface area contributed by atoms with Crippen LogP contribution in [0.15, 0.2) is 23.1 Å². The van der Waals surface area contributed by atoms with Crippen molar-refractivity contribution in [2.24, 2.45) is 0 Å². The van der Waals surface area contributed by atoms with Crippen LogP contribution in [0.3, 0.4) is 0 Å². The smallest absolute Gasteiger partial charge is 0.244 e. The maximum absolute atomic E-state index is 12.3. The van der Waals surface area contributed by atoms with Gasteiger partial charge in [0.2, 0.25) is 10.0 Å². The molecular weight excluding hydrogens is 276 g/mol. The number of benzene rings is 1. The molecule has 0 spiro atoms. The van der Waals surface area contributed by atoms with E-state index in [9.17, 15) is 8.42 Å². The van der Waals surface area contributed by atoms with Gasteiger partial charge >= 0.3 is 0 Å². The third-order valence-electron chi connectivity index (χ3n) is 3.56. The van der Waals surface area contributed by atoms with Crippen LogP contribution in [0.4, 0.5) is 0 Å². The summed E-state index contributed by atoms with van der Waals surface area (Å²) in [5, 5.41) is 3.35. The second kappa shape index (κ2) is 6.56. The van der Waals surface area contributed by atoms with E-state index in [1.807, 2.05) is 13.0 Å². The first-order valence-electron chi connectivity index (χ1n) is 6.90. The van der Waals surface area contributed by atoms with Crippen molar-refractivity contribution < 1.29 is 13.2 Å². The van der Waals surface area contributed by atoms with Gasteiger partial charge in [-0.05, 0) is 50.4 Å². The summed E-state index contributed by atoms with van der Waals surface area (Å²) in [5.41, 5.74) is 0.892. The maximum atomic E-state index is 12.3. The lowest BCUT2D eigenvalue weighted by Gasteiger charge is -2.13. The summed E-state index contributed by atoms with van der Waals surface area (Å²) in [6, 6.07) is 5.58. The number of hydrogen-bond donors (Lipinski definition) is 2. The topological polar surface area (TPSA) is 67.4 Å². The molecule has 2 rings (SSSR count). The van der Waals surface area contributed by atoms with Gasteiger partial charge in [-0.1, -0.05) is 6.07 Å². The Kier molecular flexibility index (Phi) is 5.01. The van der Waals surface area contributed by atoms with E-state index in [0.717, 1.165) is 24.9 Å². The molecule has 20 heavy (non-hydrogen) atoms. The fourth-order valence-corrected chi connectivity index (χ4v) is 3.74. The Morgan fingerprint density at radius 2 is 2.25 bits per heavy atom. The van der Waals surface area contributed by atoms with Gasteiger partial charge in [-0.3, -0.25) is 0 Å². The summed E-state index contributed by atoms with van der Waals surface area (Å²) in [4.78, 5) is 0.208. The molecule has 2 N–H and O–H groups in total. The lowest BCUT2D eigenvalue weighted by Crippen LogP contribution is -2.30. The average molecular weight is 298 g/mol. The molecule has 1 atom stereocenters. The molecule has 6 heteroatoms. The Morgan fingerprint density at radius 1 is 1.45 bits per heavy atom. The Balaban J connectivity index is 2.03. The van der Waals surface area contributed by atoms with Gasteiger partial charge < -0.3 is 10.1 Å². The van der Waals surface area contributed by atoms with Crippen LogP contribution in [0.1, 0.15) is 24.8 Å². The molecule has 1 fully saturated rings. The predicted molar refractivity (Wildman–Crippen MR) is 78.6 cm³/mol. The summed E-state index contributed by atoms with van der Waals surface area (Å²) in [7, 11) is -2.04. The molecule has 0 amide bonds. The zero-order valence-corrected chi connectivity index (χ0v) is 12.8. The van der Waals surface area contributed by atoms with Gasteiger partial charge in [0.1, 0.15) is 10.6 Å². The van der Waals surface area contributed by atoms with Crippen LogP contribution >= 0.6 is 0 Å². The molecule has 1 aliphatic heterocycles. The largest absolute Gasteiger partial charge is 0.495 e.